The number of rotatable bonds is 9. The van der Waals surface area contributed by atoms with E-state index in [1.165, 1.54) is 4.90 Å². The zero-order chi connectivity index (χ0) is 27.5. The summed E-state index contributed by atoms with van der Waals surface area (Å²) in [6, 6.07) is -2.58. The van der Waals surface area contributed by atoms with Crippen LogP contribution in [-0.4, -0.2) is 59.5 Å². The van der Waals surface area contributed by atoms with Gasteiger partial charge >= 0.3 is 6.18 Å². The maximum atomic E-state index is 14.2. The van der Waals surface area contributed by atoms with Crippen molar-refractivity contribution in [1.29, 1.82) is 5.41 Å². The van der Waals surface area contributed by atoms with E-state index in [1.807, 2.05) is 26.8 Å². The van der Waals surface area contributed by atoms with Gasteiger partial charge in [-0.15, -0.1) is 11.6 Å². The Morgan fingerprint density at radius 1 is 1.24 bits per heavy atom. The molecule has 1 aliphatic heterocycles. The lowest BCUT2D eigenvalue weighted by atomic mass is 9.86. The Labute approximate surface area is 222 Å². The third-order valence-electron chi connectivity index (χ3n) is 7.19. The van der Waals surface area contributed by atoms with E-state index in [1.54, 1.807) is 18.4 Å². The van der Waals surface area contributed by atoms with Gasteiger partial charge in [-0.3, -0.25) is 9.59 Å². The van der Waals surface area contributed by atoms with Crippen LogP contribution in [-0.2, 0) is 9.59 Å². The number of hydrogen-bond acceptors (Lipinski definition) is 5. The van der Waals surface area contributed by atoms with E-state index in [-0.39, 0.29) is 18.4 Å². The minimum absolute atomic E-state index is 0.0612. The quantitative estimate of drug-likeness (QED) is 0.284. The van der Waals surface area contributed by atoms with Crippen molar-refractivity contribution in [2.24, 2.45) is 23.2 Å². The number of halogens is 4. The number of amides is 1. The molecule has 3 aliphatic rings. The molecule has 10 heteroatoms. The maximum absolute atomic E-state index is 14.2. The smallest absolute Gasteiger partial charge is 0.364 e. The monoisotopic (exact) mass is 542 g/mol. The van der Waals surface area contributed by atoms with Gasteiger partial charge in [-0.2, -0.15) is 13.2 Å². The minimum Gasteiger partial charge on any atom is -0.364 e. The van der Waals surface area contributed by atoms with Gasteiger partial charge in [0.25, 0.3) is 0 Å². The molecular formula is C27H38ClF3N4O2. The summed E-state index contributed by atoms with van der Waals surface area (Å²) in [4.78, 5) is 28.2. The van der Waals surface area contributed by atoms with Crippen LogP contribution in [0.1, 0.15) is 53.4 Å². The molecule has 4 atom stereocenters. The second kappa shape index (κ2) is 11.7. The fraction of sp³-hybridized carbons (Fsp3) is 0.667. The second-order valence-electron chi connectivity index (χ2n) is 11.7. The molecule has 3 N–H and O–H groups in total. The van der Waals surface area contributed by atoms with Crippen LogP contribution in [0.4, 0.5) is 13.2 Å². The lowest BCUT2D eigenvalue weighted by molar-refractivity contribution is -0.173. The SMILES string of the molecule is CC1CCC(NC(C(C=N)C(=O)N(CC(=O)C2=CNC3=CC=CC(Cl)C32)CC(C)(C)C)C(F)(F)F)CC1. The number of hydrogen-bond donors (Lipinski definition) is 3. The Morgan fingerprint density at radius 2 is 1.89 bits per heavy atom. The van der Waals surface area contributed by atoms with Crippen molar-refractivity contribution in [2.45, 2.75) is 77.0 Å². The zero-order valence-electron chi connectivity index (χ0n) is 21.9. The number of alkyl halides is 4. The molecule has 0 aromatic heterocycles. The van der Waals surface area contributed by atoms with Crippen molar-refractivity contribution >= 4 is 29.5 Å². The first-order valence-electron chi connectivity index (χ1n) is 12.9. The van der Waals surface area contributed by atoms with Crippen molar-refractivity contribution in [3.63, 3.8) is 0 Å². The highest BCUT2D eigenvalue weighted by atomic mass is 35.5. The molecule has 37 heavy (non-hydrogen) atoms. The number of carbonyl (C=O) groups excluding carboxylic acids is 2. The predicted octanol–water partition coefficient (Wildman–Crippen LogP) is 4.96. The number of nitrogens with one attached hydrogen (secondary N) is 3. The molecule has 0 radical (unpaired) electrons. The third-order valence-corrected chi connectivity index (χ3v) is 7.59. The van der Waals surface area contributed by atoms with Gasteiger partial charge in [0.2, 0.25) is 5.91 Å². The second-order valence-corrected chi connectivity index (χ2v) is 12.2. The van der Waals surface area contributed by atoms with Crippen LogP contribution in [0, 0.1) is 28.6 Å². The van der Waals surface area contributed by atoms with Gasteiger partial charge in [0.1, 0.15) is 6.04 Å². The number of allylic oxidation sites excluding steroid dienone is 4. The molecule has 0 aromatic rings. The van der Waals surface area contributed by atoms with Crippen LogP contribution >= 0.6 is 11.6 Å². The van der Waals surface area contributed by atoms with E-state index in [4.69, 9.17) is 17.0 Å². The molecule has 0 spiro atoms. The summed E-state index contributed by atoms with van der Waals surface area (Å²) in [6.45, 7) is 7.28. The van der Waals surface area contributed by atoms with Gasteiger partial charge in [-0.25, -0.2) is 0 Å². The average Bonchev–Trinajstić information content (AvgIpc) is 3.24. The average molecular weight is 543 g/mol. The molecule has 1 heterocycles. The summed E-state index contributed by atoms with van der Waals surface area (Å²) < 4.78 is 42.7. The zero-order valence-corrected chi connectivity index (χ0v) is 22.6. The normalized spacial score (nSPS) is 27.4. The summed E-state index contributed by atoms with van der Waals surface area (Å²) in [7, 11) is 0. The highest BCUT2D eigenvalue weighted by molar-refractivity contribution is 6.23. The molecule has 1 saturated carbocycles. The van der Waals surface area contributed by atoms with Crippen LogP contribution in [0.15, 0.2) is 35.7 Å². The summed E-state index contributed by atoms with van der Waals surface area (Å²) >= 11 is 6.42. The van der Waals surface area contributed by atoms with E-state index < -0.39 is 47.3 Å². The summed E-state index contributed by atoms with van der Waals surface area (Å²) in [6.07, 6.45) is 5.55. The lowest BCUT2D eigenvalue weighted by Gasteiger charge is -2.37. The number of carbonyl (C=O) groups is 2. The summed E-state index contributed by atoms with van der Waals surface area (Å²) in [5.41, 5.74) is 0.662. The first-order valence-corrected chi connectivity index (χ1v) is 13.3. The van der Waals surface area contributed by atoms with Gasteiger partial charge in [0.15, 0.2) is 5.78 Å². The Kier molecular flexibility index (Phi) is 9.32. The standard InChI is InChI=1S/C27H38ClF3N4O2/c1-16-8-10-17(11-9-16)34-24(27(29,30)31)18(12-32)25(37)35(15-26(2,3)4)14-22(36)19-13-33-21-7-5-6-20(28)23(19)21/h5-7,12-13,16-18,20,23-24,32-34H,8-11,14-15H2,1-4H3. The molecule has 4 unspecified atom stereocenters. The number of nitrogens with zero attached hydrogens (tertiary/aromatic N) is 1. The topological polar surface area (TPSA) is 85.3 Å². The molecule has 6 nitrogen and oxygen atoms in total. The molecule has 1 amide bonds. The van der Waals surface area contributed by atoms with Gasteiger partial charge in [-0.1, -0.05) is 39.8 Å². The van der Waals surface area contributed by atoms with Crippen LogP contribution in [0.2, 0.25) is 0 Å². The summed E-state index contributed by atoms with van der Waals surface area (Å²) in [5, 5.41) is 13.1. The van der Waals surface area contributed by atoms with Crippen LogP contribution in [0.3, 0.4) is 0 Å². The highest BCUT2D eigenvalue weighted by Crippen LogP contribution is 2.35. The largest absolute Gasteiger partial charge is 0.405 e. The molecule has 0 saturated heterocycles. The highest BCUT2D eigenvalue weighted by Gasteiger charge is 2.49. The van der Waals surface area contributed by atoms with E-state index in [0.29, 0.717) is 30.5 Å². The van der Waals surface area contributed by atoms with Crippen molar-refractivity contribution < 1.29 is 22.8 Å². The first-order chi connectivity index (χ1) is 17.2. The van der Waals surface area contributed by atoms with Gasteiger partial charge < -0.3 is 20.9 Å². The third kappa shape index (κ3) is 7.47. The lowest BCUT2D eigenvalue weighted by Crippen LogP contribution is -2.58. The predicted molar refractivity (Wildman–Crippen MR) is 139 cm³/mol. The number of Topliss-reactive ketones (excluding diaryl/α,β-unsaturated/α-hetero) is 1. The van der Waals surface area contributed by atoms with E-state index >= 15 is 0 Å². The summed E-state index contributed by atoms with van der Waals surface area (Å²) in [5.74, 6) is -2.99. The van der Waals surface area contributed by atoms with Gasteiger partial charge in [0.05, 0.1) is 17.8 Å². The van der Waals surface area contributed by atoms with E-state index in [9.17, 15) is 22.8 Å². The molecule has 206 valence electrons. The van der Waals surface area contributed by atoms with Crippen molar-refractivity contribution in [1.82, 2.24) is 15.5 Å². The minimum atomic E-state index is -4.74. The Balaban J connectivity index is 1.83. The van der Waals surface area contributed by atoms with Gasteiger partial charge in [0, 0.05) is 42.2 Å². The van der Waals surface area contributed by atoms with E-state index in [2.05, 4.69) is 17.6 Å². The Morgan fingerprint density at radius 3 is 2.46 bits per heavy atom. The number of fused-ring (bicyclic) bond motifs is 1. The van der Waals surface area contributed by atoms with Crippen molar-refractivity contribution in [3.05, 3.63) is 35.7 Å². The Hall–Kier alpha value is -2.13. The van der Waals surface area contributed by atoms with Crippen LogP contribution in [0.25, 0.3) is 0 Å². The van der Waals surface area contributed by atoms with Crippen LogP contribution < -0.4 is 10.6 Å². The molecule has 2 aliphatic carbocycles. The maximum Gasteiger partial charge on any atom is 0.405 e. The molecule has 0 aromatic carbocycles. The molecule has 0 bridgehead atoms. The first kappa shape index (κ1) is 29.4. The van der Waals surface area contributed by atoms with Crippen molar-refractivity contribution in [2.75, 3.05) is 13.1 Å². The fourth-order valence-electron chi connectivity index (χ4n) is 5.29. The molecular weight excluding hydrogens is 505 g/mol. The van der Waals surface area contributed by atoms with Crippen molar-refractivity contribution in [3.8, 4) is 0 Å². The molecule has 1 fully saturated rings. The van der Waals surface area contributed by atoms with E-state index in [0.717, 1.165) is 18.5 Å². The van der Waals surface area contributed by atoms with Crippen LogP contribution in [0.5, 0.6) is 0 Å². The van der Waals surface area contributed by atoms with Gasteiger partial charge in [-0.05, 0) is 43.1 Å². The Bertz CT molecular complexity index is 962. The fourth-order valence-corrected chi connectivity index (χ4v) is 5.64. The number of ketones is 1. The molecule has 3 rings (SSSR count).